The lowest BCUT2D eigenvalue weighted by Gasteiger charge is -2.04. The van der Waals surface area contributed by atoms with Crippen LogP contribution in [0.3, 0.4) is 0 Å². The molecule has 20 heavy (non-hydrogen) atoms. The maximum Gasteiger partial charge on any atom is 0.271 e. The number of rotatable bonds is 10. The van der Waals surface area contributed by atoms with E-state index in [1.165, 1.54) is 50.9 Å². The third kappa shape index (κ3) is 7.43. The Labute approximate surface area is 126 Å². The highest BCUT2D eigenvalue weighted by Crippen LogP contribution is 2.08. The molecule has 0 radical (unpaired) electrons. The predicted octanol–water partition coefficient (Wildman–Crippen LogP) is 4.00. The van der Waals surface area contributed by atoms with Crippen molar-refractivity contribution in [2.45, 2.75) is 58.3 Å². The molecule has 1 amide bonds. The van der Waals surface area contributed by atoms with Crippen molar-refractivity contribution in [2.24, 2.45) is 0 Å². The number of hydrogen-bond donors (Lipinski definition) is 1. The smallest absolute Gasteiger partial charge is 0.271 e. The van der Waals surface area contributed by atoms with Gasteiger partial charge in [-0.15, -0.1) is 0 Å². The number of carbonyl (C=O) groups is 1. The van der Waals surface area contributed by atoms with Gasteiger partial charge >= 0.3 is 0 Å². The van der Waals surface area contributed by atoms with Crippen molar-refractivity contribution in [3.8, 4) is 0 Å². The van der Waals surface area contributed by atoms with Crippen molar-refractivity contribution in [1.29, 1.82) is 0 Å². The van der Waals surface area contributed by atoms with Gasteiger partial charge in [0.15, 0.2) is 0 Å². The summed E-state index contributed by atoms with van der Waals surface area (Å²) >= 11 is 5.69. The molecule has 0 spiro atoms. The second-order valence-corrected chi connectivity index (χ2v) is 5.35. The molecular formula is C15H24ClN3O. The van der Waals surface area contributed by atoms with Crippen molar-refractivity contribution in [3.05, 3.63) is 23.2 Å². The van der Waals surface area contributed by atoms with Crippen LogP contribution in [0.15, 0.2) is 12.4 Å². The molecular weight excluding hydrogens is 274 g/mol. The van der Waals surface area contributed by atoms with Crippen LogP contribution in [0.25, 0.3) is 0 Å². The molecule has 0 atom stereocenters. The summed E-state index contributed by atoms with van der Waals surface area (Å²) < 4.78 is 0. The summed E-state index contributed by atoms with van der Waals surface area (Å²) in [5.41, 5.74) is 0.275. The summed E-state index contributed by atoms with van der Waals surface area (Å²) in [6.45, 7) is 2.91. The number of nitrogens with zero attached hydrogens (tertiary/aromatic N) is 2. The first kappa shape index (κ1) is 16.9. The van der Waals surface area contributed by atoms with Crippen molar-refractivity contribution in [3.63, 3.8) is 0 Å². The van der Waals surface area contributed by atoms with Gasteiger partial charge in [0.2, 0.25) is 0 Å². The zero-order valence-corrected chi connectivity index (χ0v) is 13.0. The minimum atomic E-state index is -0.206. The molecule has 0 saturated heterocycles. The molecule has 112 valence electrons. The summed E-state index contributed by atoms with van der Waals surface area (Å²) in [6, 6.07) is 0. The minimum absolute atomic E-state index is 0.206. The van der Waals surface area contributed by atoms with E-state index in [9.17, 15) is 4.79 Å². The maximum absolute atomic E-state index is 11.7. The third-order valence-corrected chi connectivity index (χ3v) is 3.34. The van der Waals surface area contributed by atoms with Gasteiger partial charge in [0.1, 0.15) is 10.8 Å². The van der Waals surface area contributed by atoms with E-state index in [1.54, 1.807) is 0 Å². The van der Waals surface area contributed by atoms with Crippen molar-refractivity contribution in [1.82, 2.24) is 15.3 Å². The standard InChI is InChI=1S/C15H24ClN3O/c1-2-3-4-5-6-7-8-9-10-18-15(20)13-11-17-12-14(16)19-13/h11-12H,2-10H2,1H3,(H,18,20). The highest BCUT2D eigenvalue weighted by atomic mass is 35.5. The Morgan fingerprint density at radius 2 is 1.75 bits per heavy atom. The van der Waals surface area contributed by atoms with E-state index in [2.05, 4.69) is 22.2 Å². The van der Waals surface area contributed by atoms with Gasteiger partial charge in [0.25, 0.3) is 5.91 Å². The van der Waals surface area contributed by atoms with Gasteiger partial charge in [-0.2, -0.15) is 0 Å². The Kier molecular flexibility index (Phi) is 8.96. The SMILES string of the molecule is CCCCCCCCCCNC(=O)c1cncc(Cl)n1. The van der Waals surface area contributed by atoms with Gasteiger partial charge in [0, 0.05) is 6.54 Å². The number of unbranched alkanes of at least 4 members (excludes halogenated alkanes) is 7. The highest BCUT2D eigenvalue weighted by molar-refractivity contribution is 6.29. The Balaban J connectivity index is 2.02. The lowest BCUT2D eigenvalue weighted by Crippen LogP contribution is -2.25. The van der Waals surface area contributed by atoms with Crippen molar-refractivity contribution >= 4 is 17.5 Å². The zero-order chi connectivity index (χ0) is 14.6. The van der Waals surface area contributed by atoms with E-state index in [-0.39, 0.29) is 16.8 Å². The minimum Gasteiger partial charge on any atom is -0.351 e. The number of halogens is 1. The molecule has 0 saturated carbocycles. The first-order valence-electron chi connectivity index (χ1n) is 7.49. The maximum atomic E-state index is 11.7. The van der Waals surface area contributed by atoms with Crippen molar-refractivity contribution in [2.75, 3.05) is 6.54 Å². The number of hydrogen-bond acceptors (Lipinski definition) is 3. The summed E-state index contributed by atoms with van der Waals surface area (Å²) in [5, 5.41) is 3.08. The first-order valence-corrected chi connectivity index (χ1v) is 7.87. The quantitative estimate of drug-likeness (QED) is 0.664. The summed E-state index contributed by atoms with van der Waals surface area (Å²) in [5.74, 6) is -0.206. The van der Waals surface area contributed by atoms with Crippen LogP contribution in [0.1, 0.15) is 68.8 Å². The molecule has 1 aromatic heterocycles. The summed E-state index contributed by atoms with van der Waals surface area (Å²) in [7, 11) is 0. The van der Waals surface area contributed by atoms with Crippen LogP contribution < -0.4 is 5.32 Å². The van der Waals surface area contributed by atoms with Crippen molar-refractivity contribution < 1.29 is 4.79 Å². The molecule has 4 nitrogen and oxygen atoms in total. The number of aromatic nitrogens is 2. The Morgan fingerprint density at radius 3 is 2.40 bits per heavy atom. The lowest BCUT2D eigenvalue weighted by molar-refractivity contribution is 0.0947. The second kappa shape index (κ2) is 10.6. The van der Waals surface area contributed by atoms with E-state index < -0.39 is 0 Å². The van der Waals surface area contributed by atoms with Gasteiger partial charge in [-0.05, 0) is 6.42 Å². The van der Waals surface area contributed by atoms with Crippen LogP contribution in [0.2, 0.25) is 5.15 Å². The molecule has 0 bridgehead atoms. The molecule has 5 heteroatoms. The fraction of sp³-hybridized carbons (Fsp3) is 0.667. The summed E-state index contributed by atoms with van der Waals surface area (Å²) in [4.78, 5) is 19.5. The van der Waals surface area contributed by atoms with E-state index >= 15 is 0 Å². The largest absolute Gasteiger partial charge is 0.351 e. The lowest BCUT2D eigenvalue weighted by atomic mass is 10.1. The molecule has 0 unspecified atom stereocenters. The average molecular weight is 298 g/mol. The fourth-order valence-electron chi connectivity index (χ4n) is 2.00. The Morgan fingerprint density at radius 1 is 1.10 bits per heavy atom. The zero-order valence-electron chi connectivity index (χ0n) is 12.2. The fourth-order valence-corrected chi connectivity index (χ4v) is 2.15. The molecule has 1 aromatic rings. The van der Waals surface area contributed by atoms with Gasteiger partial charge in [-0.25, -0.2) is 4.98 Å². The van der Waals surface area contributed by atoms with Crippen LogP contribution in [0, 0.1) is 0 Å². The summed E-state index contributed by atoms with van der Waals surface area (Å²) in [6.07, 6.45) is 12.9. The third-order valence-electron chi connectivity index (χ3n) is 3.15. The Bertz CT molecular complexity index is 398. The van der Waals surface area contributed by atoms with E-state index in [0.717, 1.165) is 12.8 Å². The van der Waals surface area contributed by atoms with E-state index in [4.69, 9.17) is 11.6 Å². The Hall–Kier alpha value is -1.16. The van der Waals surface area contributed by atoms with Crippen LogP contribution in [-0.2, 0) is 0 Å². The van der Waals surface area contributed by atoms with Crippen LogP contribution in [-0.4, -0.2) is 22.4 Å². The number of nitrogens with one attached hydrogen (secondary N) is 1. The monoisotopic (exact) mass is 297 g/mol. The molecule has 1 rings (SSSR count). The molecule has 0 aromatic carbocycles. The number of amides is 1. The second-order valence-electron chi connectivity index (χ2n) is 4.96. The number of carbonyl (C=O) groups excluding carboxylic acids is 1. The van der Waals surface area contributed by atoms with E-state index in [0.29, 0.717) is 6.54 Å². The molecule has 1 heterocycles. The van der Waals surface area contributed by atoms with E-state index in [1.807, 2.05) is 0 Å². The van der Waals surface area contributed by atoms with Gasteiger partial charge in [0.05, 0.1) is 12.4 Å². The average Bonchev–Trinajstić information content (AvgIpc) is 2.45. The van der Waals surface area contributed by atoms with Crippen LogP contribution >= 0.6 is 11.6 Å². The molecule has 0 aliphatic heterocycles. The van der Waals surface area contributed by atoms with Gasteiger partial charge in [-0.1, -0.05) is 63.5 Å². The molecule has 0 aliphatic carbocycles. The molecule has 0 fully saturated rings. The molecule has 0 aliphatic rings. The van der Waals surface area contributed by atoms with Gasteiger partial charge < -0.3 is 5.32 Å². The first-order chi connectivity index (χ1) is 9.74. The highest BCUT2D eigenvalue weighted by Gasteiger charge is 2.07. The topological polar surface area (TPSA) is 54.9 Å². The normalized spacial score (nSPS) is 10.5. The van der Waals surface area contributed by atoms with Crippen LogP contribution in [0.5, 0.6) is 0 Å². The van der Waals surface area contributed by atoms with Gasteiger partial charge in [-0.3, -0.25) is 9.78 Å². The van der Waals surface area contributed by atoms with Crippen LogP contribution in [0.4, 0.5) is 0 Å². The molecule has 1 N–H and O–H groups in total. The predicted molar refractivity (Wildman–Crippen MR) is 82.0 cm³/mol.